The number of rotatable bonds is 5. The number of amides is 1. The van der Waals surface area contributed by atoms with Crippen LogP contribution in [0.1, 0.15) is 30.7 Å². The number of aromatic nitrogens is 1. The molecule has 1 aromatic rings. The Hall–Kier alpha value is -1.01. The van der Waals surface area contributed by atoms with Gasteiger partial charge in [-0.2, -0.15) is 0 Å². The maximum absolute atomic E-state index is 11.9. The lowest BCUT2D eigenvalue weighted by atomic mass is 10.1. The summed E-state index contributed by atoms with van der Waals surface area (Å²) in [5, 5.41) is 5.88. The minimum absolute atomic E-state index is 0.0339. The number of nitrogens with zero attached hydrogens (tertiary/aromatic N) is 1. The minimum atomic E-state index is -0.558. The van der Waals surface area contributed by atoms with E-state index in [4.69, 9.17) is 18.0 Å². The number of carbonyl (C=O) groups excluding carboxylic acids is 1. The van der Waals surface area contributed by atoms with Gasteiger partial charge in [0.2, 0.25) is 5.91 Å². The highest BCUT2D eigenvalue weighted by Crippen LogP contribution is 2.46. The molecule has 92 valence electrons. The molecule has 1 saturated carbocycles. The van der Waals surface area contributed by atoms with Gasteiger partial charge in [0, 0.05) is 24.0 Å². The second-order valence-corrected chi connectivity index (χ2v) is 5.79. The molecular weight excluding hydrogens is 254 g/mol. The molecule has 0 bridgehead atoms. The highest BCUT2D eigenvalue weighted by atomic mass is 32.1. The number of hydrogen-bond donors (Lipinski definition) is 2. The lowest BCUT2D eigenvalue weighted by Gasteiger charge is -2.15. The fraction of sp³-hybridized carbons (Fsp3) is 0.545. The van der Waals surface area contributed by atoms with Crippen molar-refractivity contribution in [3.05, 3.63) is 16.6 Å². The summed E-state index contributed by atoms with van der Waals surface area (Å²) < 4.78 is 0. The van der Waals surface area contributed by atoms with E-state index in [1.165, 1.54) is 0 Å². The zero-order valence-corrected chi connectivity index (χ0v) is 11.2. The van der Waals surface area contributed by atoms with E-state index in [1.54, 1.807) is 17.5 Å². The molecule has 1 fully saturated rings. The summed E-state index contributed by atoms with van der Waals surface area (Å²) in [6.07, 6.45) is 3.33. The van der Waals surface area contributed by atoms with Crippen LogP contribution in [-0.4, -0.2) is 22.4 Å². The van der Waals surface area contributed by atoms with E-state index in [0.29, 0.717) is 11.5 Å². The zero-order chi connectivity index (χ0) is 12.5. The maximum atomic E-state index is 11.9. The van der Waals surface area contributed by atoms with Gasteiger partial charge in [0.05, 0.1) is 15.4 Å². The molecule has 1 aliphatic rings. The van der Waals surface area contributed by atoms with Gasteiger partial charge in [-0.15, -0.1) is 11.3 Å². The third-order valence-corrected chi connectivity index (χ3v) is 4.50. The van der Waals surface area contributed by atoms with Gasteiger partial charge in [-0.05, 0) is 12.8 Å². The van der Waals surface area contributed by atoms with E-state index < -0.39 is 5.41 Å². The van der Waals surface area contributed by atoms with Crippen molar-refractivity contribution in [1.29, 1.82) is 0 Å². The largest absolute Gasteiger partial charge is 0.392 e. The Morgan fingerprint density at radius 3 is 2.94 bits per heavy atom. The zero-order valence-electron chi connectivity index (χ0n) is 9.60. The van der Waals surface area contributed by atoms with Crippen molar-refractivity contribution in [3.63, 3.8) is 0 Å². The molecule has 1 atom stereocenters. The third kappa shape index (κ3) is 2.47. The van der Waals surface area contributed by atoms with Gasteiger partial charge in [0.15, 0.2) is 0 Å². The molecule has 6 heteroatoms. The lowest BCUT2D eigenvalue weighted by Crippen LogP contribution is -2.40. The van der Waals surface area contributed by atoms with Gasteiger partial charge in [-0.3, -0.25) is 4.79 Å². The molecule has 0 spiro atoms. The van der Waals surface area contributed by atoms with Gasteiger partial charge in [-0.25, -0.2) is 4.98 Å². The SMILES string of the molecule is CC(CNC(=O)C1(C(N)=S)CC1)c1nccs1. The van der Waals surface area contributed by atoms with Gasteiger partial charge in [0.25, 0.3) is 0 Å². The van der Waals surface area contributed by atoms with Crippen LogP contribution in [0.3, 0.4) is 0 Å². The number of thiocarbonyl (C=S) groups is 1. The third-order valence-electron chi connectivity index (χ3n) is 3.10. The summed E-state index contributed by atoms with van der Waals surface area (Å²) in [5.74, 6) is 0.189. The van der Waals surface area contributed by atoms with Crippen molar-refractivity contribution >= 4 is 34.5 Å². The fourth-order valence-electron chi connectivity index (χ4n) is 1.69. The van der Waals surface area contributed by atoms with Crippen LogP contribution in [0.25, 0.3) is 0 Å². The van der Waals surface area contributed by atoms with E-state index >= 15 is 0 Å². The van der Waals surface area contributed by atoms with Crippen LogP contribution in [0.4, 0.5) is 0 Å². The van der Waals surface area contributed by atoms with Gasteiger partial charge < -0.3 is 11.1 Å². The number of carbonyl (C=O) groups is 1. The van der Waals surface area contributed by atoms with Crippen LogP contribution in [-0.2, 0) is 4.79 Å². The summed E-state index contributed by atoms with van der Waals surface area (Å²) in [5.41, 5.74) is 5.04. The lowest BCUT2D eigenvalue weighted by molar-refractivity contribution is -0.124. The van der Waals surface area contributed by atoms with Crippen LogP contribution in [0, 0.1) is 5.41 Å². The first-order valence-electron chi connectivity index (χ1n) is 5.54. The monoisotopic (exact) mass is 269 g/mol. The van der Waals surface area contributed by atoms with E-state index in [1.807, 2.05) is 12.3 Å². The van der Waals surface area contributed by atoms with E-state index in [2.05, 4.69) is 10.3 Å². The van der Waals surface area contributed by atoms with Crippen molar-refractivity contribution < 1.29 is 4.79 Å². The molecular formula is C11H15N3OS2. The predicted molar refractivity (Wildman–Crippen MR) is 72.0 cm³/mol. The van der Waals surface area contributed by atoms with Gasteiger partial charge in [-0.1, -0.05) is 19.1 Å². The summed E-state index contributed by atoms with van der Waals surface area (Å²) >= 11 is 6.54. The van der Waals surface area contributed by atoms with E-state index in [0.717, 1.165) is 17.8 Å². The number of hydrogen-bond acceptors (Lipinski definition) is 4. The molecule has 17 heavy (non-hydrogen) atoms. The Kier molecular flexibility index (Phi) is 3.44. The van der Waals surface area contributed by atoms with Crippen molar-refractivity contribution in [2.24, 2.45) is 11.1 Å². The van der Waals surface area contributed by atoms with E-state index in [9.17, 15) is 4.79 Å². The molecule has 1 unspecified atom stereocenters. The average Bonchev–Trinajstić information content (AvgIpc) is 2.94. The van der Waals surface area contributed by atoms with Crippen molar-refractivity contribution in [1.82, 2.24) is 10.3 Å². The molecule has 4 nitrogen and oxygen atoms in total. The molecule has 1 aromatic heterocycles. The Labute approximate surface area is 110 Å². The molecule has 1 aliphatic carbocycles. The highest BCUT2D eigenvalue weighted by Gasteiger charge is 2.52. The number of thiazole rings is 1. The van der Waals surface area contributed by atoms with Crippen molar-refractivity contribution in [3.8, 4) is 0 Å². The summed E-state index contributed by atoms with van der Waals surface area (Å²) in [6.45, 7) is 2.62. The average molecular weight is 269 g/mol. The number of nitrogens with two attached hydrogens (primary N) is 1. The molecule has 1 heterocycles. The Bertz CT molecular complexity index is 426. The molecule has 0 aromatic carbocycles. The van der Waals surface area contributed by atoms with Crippen LogP contribution in [0.5, 0.6) is 0 Å². The first kappa shape index (κ1) is 12.4. The molecule has 2 rings (SSSR count). The predicted octanol–water partition coefficient (Wildman–Crippen LogP) is 1.43. The first-order valence-corrected chi connectivity index (χ1v) is 6.82. The summed E-state index contributed by atoms with van der Waals surface area (Å²) in [6, 6.07) is 0. The van der Waals surface area contributed by atoms with E-state index in [-0.39, 0.29) is 11.8 Å². The molecule has 0 aliphatic heterocycles. The molecule has 0 saturated heterocycles. The first-order chi connectivity index (χ1) is 8.06. The number of nitrogens with one attached hydrogen (secondary N) is 1. The summed E-state index contributed by atoms with van der Waals surface area (Å²) in [7, 11) is 0. The maximum Gasteiger partial charge on any atom is 0.233 e. The van der Waals surface area contributed by atoms with Crippen LogP contribution in [0.2, 0.25) is 0 Å². The van der Waals surface area contributed by atoms with Crippen LogP contribution in [0.15, 0.2) is 11.6 Å². The smallest absolute Gasteiger partial charge is 0.233 e. The Balaban J connectivity index is 1.87. The Morgan fingerprint density at radius 2 is 2.47 bits per heavy atom. The molecule has 0 radical (unpaired) electrons. The van der Waals surface area contributed by atoms with Gasteiger partial charge in [0.1, 0.15) is 0 Å². The van der Waals surface area contributed by atoms with Gasteiger partial charge >= 0.3 is 0 Å². The standard InChI is InChI=1S/C11H15N3OS2/c1-7(8-13-4-5-17-8)6-14-10(15)11(2-3-11)9(12)16/h4-5,7H,2-3,6H2,1H3,(H2,12,16)(H,14,15). The molecule has 3 N–H and O–H groups in total. The highest BCUT2D eigenvalue weighted by molar-refractivity contribution is 7.80. The van der Waals surface area contributed by atoms with Crippen molar-refractivity contribution in [2.75, 3.05) is 6.54 Å². The minimum Gasteiger partial charge on any atom is -0.392 e. The second-order valence-electron chi connectivity index (χ2n) is 4.43. The second kappa shape index (κ2) is 4.70. The van der Waals surface area contributed by atoms with Crippen LogP contribution >= 0.6 is 23.6 Å². The van der Waals surface area contributed by atoms with Crippen LogP contribution < -0.4 is 11.1 Å². The Morgan fingerprint density at radius 1 is 1.76 bits per heavy atom. The normalized spacial score (nSPS) is 18.4. The molecule has 1 amide bonds. The fourth-order valence-corrected chi connectivity index (χ4v) is 2.69. The quantitative estimate of drug-likeness (QED) is 0.794. The van der Waals surface area contributed by atoms with Crippen molar-refractivity contribution in [2.45, 2.75) is 25.7 Å². The topological polar surface area (TPSA) is 68.0 Å². The summed E-state index contributed by atoms with van der Waals surface area (Å²) in [4.78, 5) is 16.5.